The monoisotopic (exact) mass is 276 g/mol. The number of nitro benzene ring substituents is 1. The molecule has 0 radical (unpaired) electrons. The Balaban J connectivity index is 2.42. The molecule has 1 aromatic carbocycles. The van der Waals surface area contributed by atoms with Gasteiger partial charge < -0.3 is 4.90 Å². The summed E-state index contributed by atoms with van der Waals surface area (Å²) in [6.45, 7) is 4.18. The van der Waals surface area contributed by atoms with Crippen molar-refractivity contribution in [2.24, 2.45) is 0 Å². The Morgan fingerprint density at radius 3 is 2.55 bits per heavy atom. The zero-order valence-electron chi connectivity index (χ0n) is 12.0. The van der Waals surface area contributed by atoms with Gasteiger partial charge in [0, 0.05) is 24.2 Å². The number of rotatable bonds is 5. The Morgan fingerprint density at radius 2 is 2.05 bits per heavy atom. The molecule has 0 spiro atoms. The molecule has 0 N–H and O–H groups in total. The average molecular weight is 276 g/mol. The third kappa shape index (κ3) is 2.81. The Bertz CT molecular complexity index is 522. The van der Waals surface area contributed by atoms with E-state index in [0.29, 0.717) is 17.3 Å². The van der Waals surface area contributed by atoms with E-state index in [1.54, 1.807) is 12.1 Å². The van der Waals surface area contributed by atoms with Gasteiger partial charge in [0.05, 0.1) is 4.92 Å². The molecule has 20 heavy (non-hydrogen) atoms. The molecule has 1 aliphatic carbocycles. The van der Waals surface area contributed by atoms with Crippen LogP contribution in [0.15, 0.2) is 18.2 Å². The topological polar surface area (TPSA) is 63.5 Å². The second-order valence-electron chi connectivity index (χ2n) is 5.24. The molecule has 108 valence electrons. The molecular formula is C15H20N2O3. The standard InChI is InChI=1S/C15H20N2O3/c1-3-16(13-6-4-5-7-13)14-9-8-12(11(2)18)10-15(14)17(19)20/h8-10,13H,3-7H2,1-2H3. The summed E-state index contributed by atoms with van der Waals surface area (Å²) < 4.78 is 0. The van der Waals surface area contributed by atoms with Crippen LogP contribution in [0.5, 0.6) is 0 Å². The summed E-state index contributed by atoms with van der Waals surface area (Å²) in [5.74, 6) is -0.149. The smallest absolute Gasteiger partial charge is 0.293 e. The first-order valence-electron chi connectivity index (χ1n) is 7.10. The highest BCUT2D eigenvalue weighted by Gasteiger charge is 2.27. The van der Waals surface area contributed by atoms with Crippen molar-refractivity contribution >= 4 is 17.2 Å². The molecule has 1 fully saturated rings. The minimum atomic E-state index is -0.389. The van der Waals surface area contributed by atoms with Crippen LogP contribution < -0.4 is 4.90 Å². The van der Waals surface area contributed by atoms with Gasteiger partial charge in [0.2, 0.25) is 0 Å². The van der Waals surface area contributed by atoms with Gasteiger partial charge in [-0.3, -0.25) is 14.9 Å². The maximum Gasteiger partial charge on any atom is 0.293 e. The van der Waals surface area contributed by atoms with Gasteiger partial charge in [-0.2, -0.15) is 0 Å². The molecule has 1 aromatic rings. The molecule has 0 saturated heterocycles. The number of Topliss-reactive ketones (excluding diaryl/α,β-unsaturated/α-hetero) is 1. The van der Waals surface area contributed by atoms with Crippen molar-refractivity contribution in [2.45, 2.75) is 45.6 Å². The molecule has 0 amide bonds. The van der Waals surface area contributed by atoms with Crippen LogP contribution in [0.1, 0.15) is 49.9 Å². The molecule has 5 nitrogen and oxygen atoms in total. The first-order valence-corrected chi connectivity index (χ1v) is 7.10. The summed E-state index contributed by atoms with van der Waals surface area (Å²) in [7, 11) is 0. The molecule has 0 aliphatic heterocycles. The van der Waals surface area contributed by atoms with E-state index in [2.05, 4.69) is 4.90 Å². The van der Waals surface area contributed by atoms with Crippen LogP contribution in [0.3, 0.4) is 0 Å². The fourth-order valence-corrected chi connectivity index (χ4v) is 2.97. The lowest BCUT2D eigenvalue weighted by Gasteiger charge is -2.29. The number of ketones is 1. The molecule has 5 heteroatoms. The molecule has 0 heterocycles. The van der Waals surface area contributed by atoms with E-state index in [4.69, 9.17) is 0 Å². The van der Waals surface area contributed by atoms with E-state index in [9.17, 15) is 14.9 Å². The Hall–Kier alpha value is -1.91. The molecule has 0 unspecified atom stereocenters. The van der Waals surface area contributed by atoms with Crippen LogP contribution in [0.4, 0.5) is 11.4 Å². The predicted octanol–water partition coefficient (Wildman–Crippen LogP) is 3.57. The number of anilines is 1. The predicted molar refractivity (Wildman–Crippen MR) is 78.4 cm³/mol. The highest BCUT2D eigenvalue weighted by molar-refractivity contribution is 5.95. The van der Waals surface area contributed by atoms with Crippen molar-refractivity contribution in [3.63, 3.8) is 0 Å². The Kier molecular flexibility index (Phi) is 4.37. The SMILES string of the molecule is CCN(c1ccc(C(C)=O)cc1[N+](=O)[O-])C1CCCC1. The van der Waals surface area contributed by atoms with E-state index >= 15 is 0 Å². The lowest BCUT2D eigenvalue weighted by Crippen LogP contribution is -2.33. The third-order valence-electron chi connectivity index (χ3n) is 3.99. The van der Waals surface area contributed by atoms with Crippen LogP contribution in [0.2, 0.25) is 0 Å². The van der Waals surface area contributed by atoms with Gasteiger partial charge in [0.25, 0.3) is 5.69 Å². The van der Waals surface area contributed by atoms with Gasteiger partial charge in [-0.25, -0.2) is 0 Å². The highest BCUT2D eigenvalue weighted by atomic mass is 16.6. The van der Waals surface area contributed by atoms with E-state index in [0.717, 1.165) is 19.4 Å². The van der Waals surface area contributed by atoms with Gasteiger partial charge in [-0.05, 0) is 38.8 Å². The third-order valence-corrected chi connectivity index (χ3v) is 3.99. The molecule has 0 atom stereocenters. The van der Waals surface area contributed by atoms with Gasteiger partial charge in [-0.1, -0.05) is 12.8 Å². The van der Waals surface area contributed by atoms with Gasteiger partial charge in [0.1, 0.15) is 5.69 Å². The summed E-state index contributed by atoms with van der Waals surface area (Å²) in [5.41, 5.74) is 1.06. The van der Waals surface area contributed by atoms with Crippen molar-refractivity contribution in [3.05, 3.63) is 33.9 Å². The van der Waals surface area contributed by atoms with Crippen molar-refractivity contribution < 1.29 is 9.72 Å². The minimum Gasteiger partial charge on any atom is -0.363 e. The number of hydrogen-bond acceptors (Lipinski definition) is 4. The van der Waals surface area contributed by atoms with Gasteiger partial charge in [0.15, 0.2) is 5.78 Å². The van der Waals surface area contributed by atoms with E-state index in [1.165, 1.54) is 25.8 Å². The Labute approximate surface area is 118 Å². The summed E-state index contributed by atoms with van der Waals surface area (Å²) in [6.07, 6.45) is 4.53. The van der Waals surface area contributed by atoms with Gasteiger partial charge in [-0.15, -0.1) is 0 Å². The first kappa shape index (κ1) is 14.5. The van der Waals surface area contributed by atoms with Gasteiger partial charge >= 0.3 is 0 Å². The van der Waals surface area contributed by atoms with E-state index in [-0.39, 0.29) is 16.4 Å². The number of nitro groups is 1. The van der Waals surface area contributed by atoms with Crippen LogP contribution in [0, 0.1) is 10.1 Å². The number of carbonyl (C=O) groups is 1. The van der Waals surface area contributed by atoms with Crippen LogP contribution >= 0.6 is 0 Å². The second-order valence-corrected chi connectivity index (χ2v) is 5.24. The number of hydrogen-bond donors (Lipinski definition) is 0. The van der Waals surface area contributed by atoms with Crippen molar-refractivity contribution in [1.29, 1.82) is 0 Å². The normalized spacial score (nSPS) is 15.3. The van der Waals surface area contributed by atoms with E-state index < -0.39 is 0 Å². The Morgan fingerprint density at radius 1 is 1.40 bits per heavy atom. The molecule has 1 saturated carbocycles. The summed E-state index contributed by atoms with van der Waals surface area (Å²) in [4.78, 5) is 24.4. The molecule has 0 aromatic heterocycles. The molecule has 0 bridgehead atoms. The fourth-order valence-electron chi connectivity index (χ4n) is 2.97. The zero-order valence-corrected chi connectivity index (χ0v) is 12.0. The number of nitrogens with zero attached hydrogens (tertiary/aromatic N) is 2. The van der Waals surface area contributed by atoms with Crippen LogP contribution in [0.25, 0.3) is 0 Å². The van der Waals surface area contributed by atoms with Crippen LogP contribution in [-0.4, -0.2) is 23.3 Å². The fraction of sp³-hybridized carbons (Fsp3) is 0.533. The zero-order chi connectivity index (χ0) is 14.7. The van der Waals surface area contributed by atoms with Crippen molar-refractivity contribution in [2.75, 3.05) is 11.4 Å². The highest BCUT2D eigenvalue weighted by Crippen LogP contribution is 2.34. The van der Waals surface area contributed by atoms with Crippen molar-refractivity contribution in [1.82, 2.24) is 0 Å². The van der Waals surface area contributed by atoms with Crippen LogP contribution in [-0.2, 0) is 0 Å². The maximum atomic E-state index is 11.4. The number of carbonyl (C=O) groups excluding carboxylic acids is 1. The average Bonchev–Trinajstić information content (AvgIpc) is 2.93. The number of benzene rings is 1. The summed E-state index contributed by atoms with van der Waals surface area (Å²) in [6, 6.07) is 5.18. The quantitative estimate of drug-likeness (QED) is 0.468. The molecular weight excluding hydrogens is 256 g/mol. The maximum absolute atomic E-state index is 11.4. The minimum absolute atomic E-state index is 0.0337. The first-order chi connectivity index (χ1) is 9.54. The largest absolute Gasteiger partial charge is 0.363 e. The summed E-state index contributed by atoms with van der Waals surface area (Å²) >= 11 is 0. The lowest BCUT2D eigenvalue weighted by molar-refractivity contribution is -0.384. The second kappa shape index (κ2) is 6.03. The summed E-state index contributed by atoms with van der Waals surface area (Å²) in [5, 5.41) is 11.3. The van der Waals surface area contributed by atoms with E-state index in [1.807, 2.05) is 6.92 Å². The van der Waals surface area contributed by atoms with Crippen molar-refractivity contribution in [3.8, 4) is 0 Å². The lowest BCUT2D eigenvalue weighted by atomic mass is 10.1. The molecule has 2 rings (SSSR count). The molecule has 1 aliphatic rings.